The van der Waals surface area contributed by atoms with Crippen LogP contribution in [0.3, 0.4) is 0 Å². The summed E-state index contributed by atoms with van der Waals surface area (Å²) in [6.07, 6.45) is -7.85. The average Bonchev–Trinajstić information content (AvgIpc) is 3.82. The fourth-order valence-electron chi connectivity index (χ4n) is 7.78. The first-order valence-electron chi connectivity index (χ1n) is 18.0. The topological polar surface area (TPSA) is 212 Å². The van der Waals surface area contributed by atoms with E-state index in [0.29, 0.717) is 6.42 Å². The lowest BCUT2D eigenvalue weighted by molar-refractivity contribution is -0.322. The van der Waals surface area contributed by atoms with Crippen molar-refractivity contribution in [2.45, 2.75) is 165 Å². The lowest BCUT2D eigenvalue weighted by atomic mass is 9.80. The standard InChI is InChI=1S/C36H60O15/c1-17-10-13-26(39)48-20(4)23(16-46-33-31(45-9)30(44-8)27(40)21(5)49-33)29-24(50-29)11-12-25(38)35(7,42)14-18(2)28(17)51-34-32(41)36(43,22(6)37)15-19(3)47-34/h10,13,17-24,27-34,37,40-43H,11-12,14-16H2,1-9H3/b13-10+/t17-,18+,19-,20?,21+,22?,23?,24+,27-,28+,29-,30-,31-,32+,33-,34+,35-,36+/m1/s1. The number of hydrogen-bond acceptors (Lipinski definition) is 15. The molecule has 0 radical (unpaired) electrons. The Labute approximate surface area is 300 Å². The number of hydrogen-bond donors (Lipinski definition) is 5. The Bertz CT molecular complexity index is 1200. The molecule has 3 fully saturated rings. The summed E-state index contributed by atoms with van der Waals surface area (Å²) in [6, 6.07) is 0. The van der Waals surface area contributed by atoms with Gasteiger partial charge in [-0.1, -0.05) is 19.9 Å². The molecular formula is C36H60O15. The highest BCUT2D eigenvalue weighted by Crippen LogP contribution is 2.39. The van der Waals surface area contributed by atoms with Crippen LogP contribution in [0.2, 0.25) is 0 Å². The van der Waals surface area contributed by atoms with Gasteiger partial charge in [-0.2, -0.15) is 0 Å². The zero-order valence-corrected chi connectivity index (χ0v) is 31.2. The van der Waals surface area contributed by atoms with Crippen molar-refractivity contribution in [2.24, 2.45) is 17.8 Å². The summed E-state index contributed by atoms with van der Waals surface area (Å²) in [5.41, 5.74) is -3.64. The number of Topliss-reactive ketones (excluding diaryl/α,β-unsaturated/α-hetero) is 1. The molecule has 4 heterocycles. The van der Waals surface area contributed by atoms with Gasteiger partial charge in [0.25, 0.3) is 0 Å². The first-order valence-corrected chi connectivity index (χ1v) is 18.0. The molecule has 0 aliphatic carbocycles. The number of cyclic esters (lactones) is 1. The molecular weight excluding hydrogens is 672 g/mol. The van der Waals surface area contributed by atoms with Crippen LogP contribution in [0.25, 0.3) is 0 Å². The van der Waals surface area contributed by atoms with Crippen molar-refractivity contribution in [1.82, 2.24) is 0 Å². The molecule has 0 aromatic carbocycles. The lowest BCUT2D eigenvalue weighted by Gasteiger charge is -2.47. The molecule has 0 spiro atoms. The highest BCUT2D eigenvalue weighted by atomic mass is 16.7. The van der Waals surface area contributed by atoms with Gasteiger partial charge in [0.15, 0.2) is 18.4 Å². The van der Waals surface area contributed by atoms with Crippen LogP contribution in [0.4, 0.5) is 0 Å². The summed E-state index contributed by atoms with van der Waals surface area (Å²) >= 11 is 0. The van der Waals surface area contributed by atoms with Gasteiger partial charge in [-0.15, -0.1) is 0 Å². The van der Waals surface area contributed by atoms with Gasteiger partial charge in [-0.3, -0.25) is 4.79 Å². The molecule has 4 aliphatic heterocycles. The van der Waals surface area contributed by atoms with Crippen LogP contribution in [0.15, 0.2) is 12.2 Å². The van der Waals surface area contributed by atoms with E-state index in [1.54, 1.807) is 40.7 Å². The summed E-state index contributed by atoms with van der Waals surface area (Å²) in [5.74, 6) is -2.54. The summed E-state index contributed by atoms with van der Waals surface area (Å²) < 4.78 is 47.1. The third-order valence-corrected chi connectivity index (χ3v) is 11.1. The molecule has 0 aromatic rings. The van der Waals surface area contributed by atoms with Crippen molar-refractivity contribution in [3.63, 3.8) is 0 Å². The average molecular weight is 733 g/mol. The molecule has 4 aliphatic rings. The van der Waals surface area contributed by atoms with Crippen LogP contribution in [0.1, 0.15) is 74.1 Å². The first-order chi connectivity index (χ1) is 23.8. The summed E-state index contributed by atoms with van der Waals surface area (Å²) in [4.78, 5) is 26.6. The molecule has 15 heteroatoms. The van der Waals surface area contributed by atoms with Crippen molar-refractivity contribution in [3.8, 4) is 0 Å². The number of rotatable bonds is 8. The number of ether oxygens (including phenoxy) is 8. The Hall–Kier alpha value is -1.60. The number of aliphatic hydroxyl groups is 5. The minimum Gasteiger partial charge on any atom is -0.459 e. The molecule has 0 saturated carbocycles. The van der Waals surface area contributed by atoms with Gasteiger partial charge in [-0.05, 0) is 53.4 Å². The van der Waals surface area contributed by atoms with Crippen LogP contribution < -0.4 is 0 Å². The van der Waals surface area contributed by atoms with E-state index >= 15 is 0 Å². The Morgan fingerprint density at radius 3 is 2.22 bits per heavy atom. The Morgan fingerprint density at radius 2 is 1.59 bits per heavy atom. The molecule has 5 N–H and O–H groups in total. The van der Waals surface area contributed by atoms with E-state index in [4.69, 9.17) is 37.9 Å². The summed E-state index contributed by atoms with van der Waals surface area (Å²) in [6.45, 7) is 11.5. The maximum atomic E-state index is 13.4. The molecule has 3 unspecified atom stereocenters. The third-order valence-electron chi connectivity index (χ3n) is 11.1. The number of epoxide rings is 1. The summed E-state index contributed by atoms with van der Waals surface area (Å²) in [5, 5.41) is 54.5. The maximum Gasteiger partial charge on any atom is 0.330 e. The number of carbonyl (C=O) groups is 2. The Morgan fingerprint density at radius 1 is 0.922 bits per heavy atom. The highest BCUT2D eigenvalue weighted by Gasteiger charge is 2.53. The van der Waals surface area contributed by atoms with Crippen LogP contribution in [-0.2, 0) is 47.5 Å². The van der Waals surface area contributed by atoms with Crippen molar-refractivity contribution in [2.75, 3.05) is 20.8 Å². The van der Waals surface area contributed by atoms with E-state index in [2.05, 4.69) is 0 Å². The molecule has 18 atom stereocenters. The smallest absolute Gasteiger partial charge is 0.330 e. The lowest BCUT2D eigenvalue weighted by Crippen LogP contribution is -2.63. The molecule has 15 nitrogen and oxygen atoms in total. The van der Waals surface area contributed by atoms with Crippen molar-refractivity contribution in [1.29, 1.82) is 0 Å². The van der Waals surface area contributed by atoms with Gasteiger partial charge < -0.3 is 63.4 Å². The molecule has 0 amide bonds. The number of fused-ring (bicyclic) bond motifs is 1. The predicted molar refractivity (Wildman–Crippen MR) is 179 cm³/mol. The Balaban J connectivity index is 1.56. The molecule has 4 rings (SSSR count). The maximum absolute atomic E-state index is 13.4. The second-order valence-electron chi connectivity index (χ2n) is 15.2. The molecule has 3 saturated heterocycles. The number of esters is 1. The zero-order valence-electron chi connectivity index (χ0n) is 31.2. The van der Waals surface area contributed by atoms with E-state index in [9.17, 15) is 35.1 Å². The van der Waals surface area contributed by atoms with Gasteiger partial charge >= 0.3 is 5.97 Å². The van der Waals surface area contributed by atoms with Gasteiger partial charge in [0.05, 0.1) is 43.2 Å². The van der Waals surface area contributed by atoms with E-state index < -0.39 is 109 Å². The largest absolute Gasteiger partial charge is 0.459 e. The second-order valence-corrected chi connectivity index (χ2v) is 15.2. The molecule has 0 aromatic heterocycles. The van der Waals surface area contributed by atoms with Crippen molar-refractivity contribution >= 4 is 11.8 Å². The number of ketones is 1. The number of methoxy groups -OCH3 is 2. The Kier molecular flexibility index (Phi) is 14.3. The van der Waals surface area contributed by atoms with Gasteiger partial charge in [0.2, 0.25) is 0 Å². The zero-order chi connectivity index (χ0) is 38.0. The van der Waals surface area contributed by atoms with Crippen molar-refractivity contribution in [3.05, 3.63) is 12.2 Å². The predicted octanol–water partition coefficient (Wildman–Crippen LogP) is 0.779. The van der Waals surface area contributed by atoms with Crippen molar-refractivity contribution < 1.29 is 73.0 Å². The van der Waals surface area contributed by atoms with Gasteiger partial charge in [-0.25, -0.2) is 4.79 Å². The monoisotopic (exact) mass is 732 g/mol. The van der Waals surface area contributed by atoms with E-state index in [1.807, 2.05) is 0 Å². The highest BCUT2D eigenvalue weighted by molar-refractivity contribution is 5.86. The quantitative estimate of drug-likeness (QED) is 0.172. The number of carbonyl (C=O) groups excluding carboxylic acids is 2. The van der Waals surface area contributed by atoms with Crippen LogP contribution >= 0.6 is 0 Å². The SMILES string of the molecule is CO[C@@H]1[C@H](O)[C@H](C)O[C@@H](OCC2C(C)OC(=O)/C=C/[C@@H](C)[C@H](O[C@@H]3O[C@H](C)C[C@](O)(C(C)O)[C@H]3O)[C@@H](C)C[C@@](C)(O)C(=O)CC[C@@H]3O[C@H]23)[C@@H]1OC. The minimum absolute atomic E-state index is 0.0156. The van der Waals surface area contributed by atoms with E-state index in [-0.39, 0.29) is 37.8 Å². The summed E-state index contributed by atoms with van der Waals surface area (Å²) in [7, 11) is 2.93. The van der Waals surface area contributed by atoms with Gasteiger partial charge in [0.1, 0.15) is 41.7 Å². The first kappa shape index (κ1) is 42.1. The fraction of sp³-hybridized carbons (Fsp3) is 0.889. The van der Waals surface area contributed by atoms with Crippen LogP contribution in [-0.4, -0.2) is 149 Å². The van der Waals surface area contributed by atoms with E-state index in [1.165, 1.54) is 34.1 Å². The fourth-order valence-corrected chi connectivity index (χ4v) is 7.78. The third kappa shape index (κ3) is 9.75. The molecule has 51 heavy (non-hydrogen) atoms. The van der Waals surface area contributed by atoms with Gasteiger partial charge in [0, 0.05) is 45.0 Å². The molecule has 0 bridgehead atoms. The van der Waals surface area contributed by atoms with E-state index in [0.717, 1.165) is 0 Å². The molecule has 294 valence electrons. The van der Waals surface area contributed by atoms with Crippen LogP contribution in [0.5, 0.6) is 0 Å². The number of aliphatic hydroxyl groups excluding tert-OH is 3. The minimum atomic E-state index is -1.90. The van der Waals surface area contributed by atoms with Crippen LogP contribution in [0, 0.1) is 17.8 Å². The second kappa shape index (κ2) is 17.2. The normalized spacial score (nSPS) is 48.7.